The number of fused-ring (bicyclic) bond motifs is 1. The number of para-hydroxylation sites is 1. The van der Waals surface area contributed by atoms with Crippen molar-refractivity contribution in [3.05, 3.63) is 90.0 Å². The van der Waals surface area contributed by atoms with Crippen LogP contribution in [0, 0.1) is 5.92 Å². The minimum absolute atomic E-state index is 0.126. The summed E-state index contributed by atoms with van der Waals surface area (Å²) >= 11 is 0. The number of ether oxygens (including phenoxy) is 1. The van der Waals surface area contributed by atoms with Gasteiger partial charge in [0.25, 0.3) is 5.91 Å². The molecule has 5 N–H and O–H groups in total. The first-order valence-corrected chi connectivity index (χ1v) is 14.6. The van der Waals surface area contributed by atoms with Gasteiger partial charge in [-0.05, 0) is 85.7 Å². The first-order valence-electron chi connectivity index (χ1n) is 14.6. The molecular formula is C33H36N6O3. The Kier molecular flexibility index (Phi) is 7.81. The molecule has 3 aromatic carbocycles. The van der Waals surface area contributed by atoms with Crippen LogP contribution >= 0.6 is 0 Å². The number of nitrogens with zero attached hydrogens (tertiary/aromatic N) is 3. The number of nitrogens with two attached hydrogens (primary N) is 2. The number of aromatic nitrogens is 2. The Balaban J connectivity index is 1.14. The lowest BCUT2D eigenvalue weighted by molar-refractivity contribution is -0.132. The fraction of sp³-hybridized carbons (Fsp3) is 0.303. The Labute approximate surface area is 245 Å². The van der Waals surface area contributed by atoms with E-state index in [1.54, 1.807) is 0 Å². The predicted octanol–water partition coefficient (Wildman–Crippen LogP) is 5.25. The molecule has 9 nitrogen and oxygen atoms in total. The van der Waals surface area contributed by atoms with Crippen molar-refractivity contribution in [2.24, 2.45) is 11.7 Å². The summed E-state index contributed by atoms with van der Waals surface area (Å²) < 4.78 is 7.90. The molecule has 1 fully saturated rings. The van der Waals surface area contributed by atoms with Crippen LogP contribution in [0.15, 0.2) is 78.9 Å². The lowest BCUT2D eigenvalue weighted by Crippen LogP contribution is -2.41. The number of nitrogen functional groups attached to an aromatic ring is 1. The van der Waals surface area contributed by atoms with Crippen molar-refractivity contribution < 1.29 is 14.3 Å². The Morgan fingerprint density at radius 2 is 1.60 bits per heavy atom. The molecule has 3 heterocycles. The number of rotatable bonds is 8. The van der Waals surface area contributed by atoms with E-state index in [0.29, 0.717) is 41.6 Å². The SMILES string of the molecule is NC(=O)c1c(-c2ccc(Oc3ccccc3)cc2)nn2c1NCC[C@H]2C1CCN(C(=O)CCc2ccc(N)cc2)CC1. The van der Waals surface area contributed by atoms with E-state index in [-0.39, 0.29) is 11.9 Å². The second-order valence-corrected chi connectivity index (χ2v) is 11.1. The van der Waals surface area contributed by atoms with Crippen LogP contribution in [0.25, 0.3) is 11.3 Å². The van der Waals surface area contributed by atoms with E-state index >= 15 is 0 Å². The Bertz CT molecular complexity index is 1540. The molecule has 1 saturated heterocycles. The number of amides is 2. The third kappa shape index (κ3) is 5.81. The highest BCUT2D eigenvalue weighted by Gasteiger charge is 2.35. The van der Waals surface area contributed by atoms with Crippen LogP contribution in [0.5, 0.6) is 11.5 Å². The maximum Gasteiger partial charge on any atom is 0.254 e. The van der Waals surface area contributed by atoms with Crippen molar-refractivity contribution in [2.75, 3.05) is 30.7 Å². The summed E-state index contributed by atoms with van der Waals surface area (Å²) in [7, 11) is 0. The number of piperidine rings is 1. The Morgan fingerprint density at radius 3 is 2.29 bits per heavy atom. The number of aryl methyl sites for hydroxylation is 1. The summed E-state index contributed by atoms with van der Waals surface area (Å²) in [4.78, 5) is 27.6. The van der Waals surface area contributed by atoms with E-state index in [2.05, 4.69) is 5.32 Å². The molecule has 2 aliphatic heterocycles. The van der Waals surface area contributed by atoms with Gasteiger partial charge in [-0.2, -0.15) is 5.10 Å². The van der Waals surface area contributed by atoms with Gasteiger partial charge in [0, 0.05) is 37.3 Å². The zero-order valence-corrected chi connectivity index (χ0v) is 23.5. The average molecular weight is 565 g/mol. The van der Waals surface area contributed by atoms with Gasteiger partial charge < -0.3 is 26.4 Å². The first kappa shape index (κ1) is 27.4. The molecule has 216 valence electrons. The normalized spacial score (nSPS) is 16.9. The van der Waals surface area contributed by atoms with E-state index in [9.17, 15) is 9.59 Å². The van der Waals surface area contributed by atoms with Crippen LogP contribution in [0.1, 0.15) is 47.6 Å². The number of primary amides is 1. The van der Waals surface area contributed by atoms with E-state index in [1.807, 2.05) is 88.4 Å². The van der Waals surface area contributed by atoms with Gasteiger partial charge in [0.2, 0.25) is 5.91 Å². The molecule has 1 atom stereocenters. The molecule has 2 amide bonds. The van der Waals surface area contributed by atoms with Gasteiger partial charge in [0.1, 0.15) is 28.6 Å². The number of carbonyl (C=O) groups is 2. The number of hydrogen-bond donors (Lipinski definition) is 3. The molecule has 9 heteroatoms. The number of hydrogen-bond acceptors (Lipinski definition) is 6. The average Bonchev–Trinajstić information content (AvgIpc) is 3.42. The summed E-state index contributed by atoms with van der Waals surface area (Å²) in [5.74, 6) is 2.16. The smallest absolute Gasteiger partial charge is 0.254 e. The van der Waals surface area contributed by atoms with Crippen molar-refractivity contribution in [1.82, 2.24) is 14.7 Å². The lowest BCUT2D eigenvalue weighted by Gasteiger charge is -2.38. The van der Waals surface area contributed by atoms with E-state index in [4.69, 9.17) is 21.3 Å². The Hall–Kier alpha value is -4.79. The van der Waals surface area contributed by atoms with Crippen molar-refractivity contribution in [3.63, 3.8) is 0 Å². The molecule has 0 saturated carbocycles. The van der Waals surface area contributed by atoms with Crippen LogP contribution in [-0.4, -0.2) is 46.1 Å². The molecule has 2 aliphatic rings. The highest BCUT2D eigenvalue weighted by Crippen LogP contribution is 2.40. The van der Waals surface area contributed by atoms with Gasteiger partial charge >= 0.3 is 0 Å². The fourth-order valence-corrected chi connectivity index (χ4v) is 6.11. The third-order valence-corrected chi connectivity index (χ3v) is 8.35. The lowest BCUT2D eigenvalue weighted by atomic mass is 9.86. The molecule has 1 aromatic heterocycles. The number of carbonyl (C=O) groups excluding carboxylic acids is 2. The predicted molar refractivity (Wildman–Crippen MR) is 163 cm³/mol. The van der Waals surface area contributed by atoms with Crippen molar-refractivity contribution in [2.45, 2.75) is 38.1 Å². The molecular weight excluding hydrogens is 528 g/mol. The molecule has 0 unspecified atom stereocenters. The summed E-state index contributed by atoms with van der Waals surface area (Å²) in [6.45, 7) is 2.19. The van der Waals surface area contributed by atoms with Crippen LogP contribution in [0.3, 0.4) is 0 Å². The standard InChI is InChI=1S/C33H36N6O3/c34-25-11-6-22(7-12-25)8-15-29(40)38-20-17-23(18-21-38)28-16-19-36-33-30(32(35)41)31(37-39(28)33)24-9-13-27(14-10-24)42-26-4-2-1-3-5-26/h1-7,9-14,23,28,36H,8,15-21,34H2,(H2,35,41)/t28-/m0/s1. The van der Waals surface area contributed by atoms with Crippen molar-refractivity contribution in [3.8, 4) is 22.8 Å². The van der Waals surface area contributed by atoms with Crippen LogP contribution < -0.4 is 21.5 Å². The van der Waals surface area contributed by atoms with Crippen LogP contribution in [0.4, 0.5) is 11.5 Å². The highest BCUT2D eigenvalue weighted by atomic mass is 16.5. The van der Waals surface area contributed by atoms with Gasteiger partial charge in [-0.1, -0.05) is 30.3 Å². The summed E-state index contributed by atoms with van der Waals surface area (Å²) in [5.41, 5.74) is 15.3. The first-order chi connectivity index (χ1) is 20.5. The van der Waals surface area contributed by atoms with Gasteiger partial charge in [0.05, 0.1) is 6.04 Å². The van der Waals surface area contributed by atoms with Gasteiger partial charge in [0.15, 0.2) is 0 Å². The van der Waals surface area contributed by atoms with Gasteiger partial charge in [-0.3, -0.25) is 9.59 Å². The third-order valence-electron chi connectivity index (χ3n) is 8.35. The summed E-state index contributed by atoms with van der Waals surface area (Å²) in [5, 5.41) is 8.34. The molecule has 42 heavy (non-hydrogen) atoms. The zero-order chi connectivity index (χ0) is 29.1. The Morgan fingerprint density at radius 1 is 0.905 bits per heavy atom. The minimum Gasteiger partial charge on any atom is -0.457 e. The molecule has 0 spiro atoms. The summed E-state index contributed by atoms with van der Waals surface area (Å²) in [6.07, 6.45) is 3.88. The monoisotopic (exact) mass is 564 g/mol. The quantitative estimate of drug-likeness (QED) is 0.251. The minimum atomic E-state index is -0.509. The number of benzene rings is 3. The van der Waals surface area contributed by atoms with E-state index < -0.39 is 5.91 Å². The van der Waals surface area contributed by atoms with Crippen LogP contribution in [0.2, 0.25) is 0 Å². The number of nitrogens with one attached hydrogen (secondary N) is 1. The number of anilines is 2. The molecule has 4 aromatic rings. The molecule has 6 rings (SSSR count). The fourth-order valence-electron chi connectivity index (χ4n) is 6.11. The zero-order valence-electron chi connectivity index (χ0n) is 23.5. The topological polar surface area (TPSA) is 129 Å². The summed E-state index contributed by atoms with van der Waals surface area (Å²) in [6, 6.07) is 25.0. The maximum absolute atomic E-state index is 12.9. The second-order valence-electron chi connectivity index (χ2n) is 11.1. The number of likely N-dealkylation sites (tertiary alicyclic amines) is 1. The second kappa shape index (κ2) is 12.0. The van der Waals surface area contributed by atoms with Crippen molar-refractivity contribution >= 4 is 23.3 Å². The largest absolute Gasteiger partial charge is 0.457 e. The van der Waals surface area contributed by atoms with E-state index in [1.165, 1.54) is 0 Å². The maximum atomic E-state index is 12.9. The molecule has 0 aliphatic carbocycles. The van der Waals surface area contributed by atoms with Crippen LogP contribution in [-0.2, 0) is 11.2 Å². The van der Waals surface area contributed by atoms with E-state index in [0.717, 1.165) is 61.5 Å². The van der Waals surface area contributed by atoms with Gasteiger partial charge in [-0.25, -0.2) is 4.68 Å². The van der Waals surface area contributed by atoms with Gasteiger partial charge in [-0.15, -0.1) is 0 Å². The van der Waals surface area contributed by atoms with Crippen molar-refractivity contribution in [1.29, 1.82) is 0 Å². The molecule has 0 radical (unpaired) electrons. The molecule has 0 bridgehead atoms. The highest BCUT2D eigenvalue weighted by molar-refractivity contribution is 6.03.